The number of nitrogens with zero attached hydrogens (tertiary/aromatic N) is 4. The lowest BCUT2D eigenvalue weighted by Crippen LogP contribution is -2.45. The third kappa shape index (κ3) is 3.86. The van der Waals surface area contributed by atoms with E-state index >= 15 is 0 Å². The molecule has 3 aliphatic heterocycles. The highest BCUT2D eigenvalue weighted by molar-refractivity contribution is 5.74. The number of piperidine rings is 1. The highest BCUT2D eigenvalue weighted by Gasteiger charge is 2.37. The molecular weight excluding hydrogens is 340 g/mol. The number of rotatable bonds is 3. The molecule has 2 atom stereocenters. The van der Waals surface area contributed by atoms with Gasteiger partial charge in [0.2, 0.25) is 0 Å². The molecule has 3 fully saturated rings. The number of carbonyl (C=O) groups excluding carboxylic acids is 1. The first kappa shape index (κ1) is 18.0. The predicted molar refractivity (Wildman–Crippen MR) is 104 cm³/mol. The summed E-state index contributed by atoms with van der Waals surface area (Å²) in [5.41, 5.74) is 3.20. The van der Waals surface area contributed by atoms with Gasteiger partial charge in [-0.2, -0.15) is 0 Å². The summed E-state index contributed by atoms with van der Waals surface area (Å²) in [4.78, 5) is 18.6. The highest BCUT2D eigenvalue weighted by atomic mass is 16.5. The van der Waals surface area contributed by atoms with Crippen LogP contribution in [0.3, 0.4) is 0 Å². The van der Waals surface area contributed by atoms with Crippen LogP contribution in [0.15, 0.2) is 34.9 Å². The normalized spacial score (nSPS) is 22.7. The molecule has 1 aromatic carbocycles. The van der Waals surface area contributed by atoms with Gasteiger partial charge in [0.15, 0.2) is 5.76 Å². The van der Waals surface area contributed by atoms with Crippen LogP contribution >= 0.6 is 0 Å². The Kier molecular flexibility index (Phi) is 4.91. The van der Waals surface area contributed by atoms with E-state index in [4.69, 9.17) is 4.52 Å². The van der Waals surface area contributed by atoms with Crippen molar-refractivity contribution in [2.24, 2.45) is 5.92 Å². The molecule has 3 aliphatic rings. The van der Waals surface area contributed by atoms with Crippen molar-refractivity contribution in [1.82, 2.24) is 19.9 Å². The molecule has 2 aromatic rings. The molecule has 144 valence electrons. The number of benzene rings is 1. The first-order valence-corrected chi connectivity index (χ1v) is 9.72. The van der Waals surface area contributed by atoms with Crippen molar-refractivity contribution in [2.45, 2.75) is 32.4 Å². The zero-order valence-electron chi connectivity index (χ0n) is 16.4. The van der Waals surface area contributed by atoms with Crippen molar-refractivity contribution in [3.05, 3.63) is 41.7 Å². The van der Waals surface area contributed by atoms with Gasteiger partial charge >= 0.3 is 6.03 Å². The minimum absolute atomic E-state index is 0.120. The highest BCUT2D eigenvalue weighted by Crippen LogP contribution is 2.30. The molecule has 0 saturated carbocycles. The SMILES string of the molecule is Cc1ccc(-c2cc(CN3C[C@H]4CC[C@@H]3CN(C(=O)N(C)C)C4)on2)cc1. The van der Waals surface area contributed by atoms with E-state index in [1.807, 2.05) is 25.1 Å². The summed E-state index contributed by atoms with van der Waals surface area (Å²) >= 11 is 0. The van der Waals surface area contributed by atoms with E-state index in [2.05, 4.69) is 41.2 Å². The number of carbonyl (C=O) groups is 1. The lowest BCUT2D eigenvalue weighted by atomic mass is 9.95. The van der Waals surface area contributed by atoms with Gasteiger partial charge in [-0.25, -0.2) is 4.79 Å². The number of amides is 2. The molecule has 4 heterocycles. The fourth-order valence-electron chi connectivity index (χ4n) is 4.26. The monoisotopic (exact) mass is 368 g/mol. The Labute approximate surface area is 160 Å². The zero-order valence-corrected chi connectivity index (χ0v) is 16.4. The number of hydrogen-bond acceptors (Lipinski definition) is 4. The van der Waals surface area contributed by atoms with Crippen LogP contribution in [0.2, 0.25) is 0 Å². The first-order chi connectivity index (χ1) is 13.0. The quantitative estimate of drug-likeness (QED) is 0.835. The van der Waals surface area contributed by atoms with Gasteiger partial charge in [-0.3, -0.25) is 4.90 Å². The van der Waals surface area contributed by atoms with Crippen LogP contribution in [0.25, 0.3) is 11.3 Å². The Morgan fingerprint density at radius 3 is 2.70 bits per heavy atom. The van der Waals surface area contributed by atoms with E-state index in [-0.39, 0.29) is 6.03 Å². The standard InChI is InChI=1S/C21H28N4O2/c1-15-4-7-17(8-5-15)20-10-19(27-22-20)14-24-11-16-6-9-18(24)13-25(12-16)21(26)23(2)3/h4-5,7-8,10,16,18H,6,9,11-14H2,1-3H3/t16-,18-/m1/s1. The van der Waals surface area contributed by atoms with Crippen LogP contribution in [0.4, 0.5) is 4.79 Å². The first-order valence-electron chi connectivity index (χ1n) is 9.72. The van der Waals surface area contributed by atoms with Crippen molar-refractivity contribution in [3.63, 3.8) is 0 Å². The van der Waals surface area contributed by atoms with E-state index in [1.165, 1.54) is 12.0 Å². The summed E-state index contributed by atoms with van der Waals surface area (Å²) in [5.74, 6) is 1.43. The fourth-order valence-corrected chi connectivity index (χ4v) is 4.26. The van der Waals surface area contributed by atoms with Crippen LogP contribution in [0, 0.1) is 12.8 Å². The topological polar surface area (TPSA) is 52.8 Å². The molecule has 2 bridgehead atoms. The molecule has 2 amide bonds. The molecule has 6 heteroatoms. The Balaban J connectivity index is 1.46. The van der Waals surface area contributed by atoms with Crippen molar-refractivity contribution in [3.8, 4) is 11.3 Å². The molecule has 1 aromatic heterocycles. The second-order valence-electron chi connectivity index (χ2n) is 8.15. The number of aryl methyl sites for hydroxylation is 1. The fraction of sp³-hybridized carbons (Fsp3) is 0.524. The molecule has 0 unspecified atom stereocenters. The maximum atomic E-state index is 12.4. The number of fused-ring (bicyclic) bond motifs is 4. The molecule has 0 radical (unpaired) electrons. The minimum Gasteiger partial charge on any atom is -0.359 e. The van der Waals surface area contributed by atoms with Crippen LogP contribution in [-0.2, 0) is 6.54 Å². The minimum atomic E-state index is 0.120. The van der Waals surface area contributed by atoms with Crippen LogP contribution in [-0.4, -0.2) is 65.7 Å². The van der Waals surface area contributed by atoms with E-state index in [9.17, 15) is 4.79 Å². The Morgan fingerprint density at radius 1 is 1.19 bits per heavy atom. The molecule has 5 rings (SSSR count). The molecule has 6 nitrogen and oxygen atoms in total. The molecule has 27 heavy (non-hydrogen) atoms. The van der Waals surface area contributed by atoms with Crippen molar-refractivity contribution in [2.75, 3.05) is 33.7 Å². The second-order valence-corrected chi connectivity index (χ2v) is 8.15. The lowest BCUT2D eigenvalue weighted by molar-refractivity contribution is 0.111. The number of aromatic nitrogens is 1. The van der Waals surface area contributed by atoms with E-state index in [0.29, 0.717) is 12.0 Å². The maximum Gasteiger partial charge on any atom is 0.319 e. The van der Waals surface area contributed by atoms with E-state index < -0.39 is 0 Å². The number of urea groups is 1. The second kappa shape index (κ2) is 7.35. The van der Waals surface area contributed by atoms with Crippen LogP contribution < -0.4 is 0 Å². The van der Waals surface area contributed by atoms with Crippen molar-refractivity contribution >= 4 is 6.03 Å². The molecule has 0 spiro atoms. The smallest absolute Gasteiger partial charge is 0.319 e. The largest absolute Gasteiger partial charge is 0.359 e. The van der Waals surface area contributed by atoms with Gasteiger partial charge in [-0.05, 0) is 25.7 Å². The summed E-state index contributed by atoms with van der Waals surface area (Å²) in [6, 6.07) is 10.9. The van der Waals surface area contributed by atoms with Gasteiger partial charge in [-0.15, -0.1) is 0 Å². The van der Waals surface area contributed by atoms with Crippen LogP contribution in [0.1, 0.15) is 24.2 Å². The Bertz CT molecular complexity index is 799. The van der Waals surface area contributed by atoms with Gasteiger partial charge < -0.3 is 14.3 Å². The average Bonchev–Trinajstić information content (AvgIpc) is 2.92. The van der Waals surface area contributed by atoms with Gasteiger partial charge in [0.05, 0.1) is 6.54 Å². The maximum absolute atomic E-state index is 12.4. The van der Waals surface area contributed by atoms with Crippen molar-refractivity contribution in [1.29, 1.82) is 0 Å². The molecule has 0 aliphatic carbocycles. The summed E-state index contributed by atoms with van der Waals surface area (Å²) in [6.45, 7) is 5.50. The summed E-state index contributed by atoms with van der Waals surface area (Å²) in [5, 5.41) is 4.26. The third-order valence-corrected chi connectivity index (χ3v) is 5.75. The van der Waals surface area contributed by atoms with Gasteiger partial charge in [0.25, 0.3) is 0 Å². The average molecular weight is 368 g/mol. The Morgan fingerprint density at radius 2 is 1.96 bits per heavy atom. The van der Waals surface area contributed by atoms with Crippen molar-refractivity contribution < 1.29 is 9.32 Å². The van der Waals surface area contributed by atoms with E-state index in [1.54, 1.807) is 4.90 Å². The number of hydrogen-bond donors (Lipinski definition) is 0. The predicted octanol–water partition coefficient (Wildman–Crippen LogP) is 3.23. The van der Waals surface area contributed by atoms with Gasteiger partial charge in [0.1, 0.15) is 5.69 Å². The molecule has 0 N–H and O–H groups in total. The third-order valence-electron chi connectivity index (χ3n) is 5.75. The molecular formula is C21H28N4O2. The Hall–Kier alpha value is -2.34. The molecule has 3 saturated heterocycles. The van der Waals surface area contributed by atoms with Gasteiger partial charge in [-0.1, -0.05) is 35.0 Å². The van der Waals surface area contributed by atoms with Crippen LogP contribution in [0.5, 0.6) is 0 Å². The van der Waals surface area contributed by atoms with Gasteiger partial charge in [0, 0.05) is 51.4 Å². The summed E-state index contributed by atoms with van der Waals surface area (Å²) in [6.07, 6.45) is 2.34. The van der Waals surface area contributed by atoms with E-state index in [0.717, 1.165) is 49.6 Å². The lowest BCUT2D eigenvalue weighted by Gasteiger charge is -2.35. The zero-order chi connectivity index (χ0) is 19.0. The summed E-state index contributed by atoms with van der Waals surface area (Å²) < 4.78 is 5.63. The summed E-state index contributed by atoms with van der Waals surface area (Å²) in [7, 11) is 3.65.